The number of hydrogen-bond acceptors (Lipinski definition) is 9. The van der Waals surface area contributed by atoms with Crippen molar-refractivity contribution in [3.05, 3.63) is 125 Å². The monoisotopic (exact) mass is 825 g/mol. The first-order valence-electron chi connectivity index (χ1n) is 17.6. The van der Waals surface area contributed by atoms with Gasteiger partial charge in [0.1, 0.15) is 17.3 Å². The topological polar surface area (TPSA) is 190 Å². The number of amides is 2. The zero-order chi connectivity index (χ0) is 42.2. The Bertz CT molecular complexity index is 1860. The minimum atomic E-state index is -0.355. The van der Waals surface area contributed by atoms with Crippen LogP contribution in [0.5, 0.6) is 0 Å². The van der Waals surface area contributed by atoms with Crippen molar-refractivity contribution < 1.29 is 27.8 Å². The Balaban J connectivity index is 0.000000340. The maximum atomic E-state index is 13.6. The minimum absolute atomic E-state index is 0.113. The van der Waals surface area contributed by atoms with Crippen LogP contribution < -0.4 is 32.7 Å². The highest BCUT2D eigenvalue weighted by molar-refractivity contribution is 8.00. The molecule has 2 atom stereocenters. The highest BCUT2D eigenvalue weighted by Gasteiger charge is 2.29. The van der Waals surface area contributed by atoms with Crippen LogP contribution in [0.25, 0.3) is 0 Å². The fraction of sp³-hybridized carbons (Fsp3) is 0.325. The van der Waals surface area contributed by atoms with Crippen molar-refractivity contribution in [2.75, 3.05) is 65.0 Å². The molecular formula is C40H53F2N9O4S2. The number of guanidine groups is 2. The number of anilines is 2. The lowest BCUT2D eigenvalue weighted by Crippen LogP contribution is -2.45. The molecule has 3 aliphatic heterocycles. The Hall–Kier alpha value is -5.23. The lowest BCUT2D eigenvalue weighted by molar-refractivity contribution is -0.112. The predicted octanol–water partition coefficient (Wildman–Crippen LogP) is 5.49. The van der Waals surface area contributed by atoms with Gasteiger partial charge in [0.05, 0.1) is 24.5 Å². The van der Waals surface area contributed by atoms with Crippen molar-refractivity contribution >= 4 is 58.6 Å². The van der Waals surface area contributed by atoms with Crippen LogP contribution >= 0.6 is 23.5 Å². The molecule has 2 unspecified atom stereocenters. The van der Waals surface area contributed by atoms with Crippen molar-refractivity contribution in [2.24, 2.45) is 21.5 Å². The first kappa shape index (κ1) is 47.9. The predicted molar refractivity (Wildman–Crippen MR) is 232 cm³/mol. The van der Waals surface area contributed by atoms with Crippen LogP contribution in [-0.4, -0.2) is 94.3 Å². The number of fused-ring (bicyclic) bond motifs is 5. The number of nitrogens with two attached hydrogens (primary N) is 2. The molecule has 1 saturated heterocycles. The Morgan fingerprint density at radius 1 is 1.07 bits per heavy atom. The van der Waals surface area contributed by atoms with Gasteiger partial charge in [-0.1, -0.05) is 24.8 Å². The molecule has 57 heavy (non-hydrogen) atoms. The van der Waals surface area contributed by atoms with Crippen molar-refractivity contribution in [1.29, 1.82) is 0 Å². The van der Waals surface area contributed by atoms with E-state index in [0.717, 1.165) is 22.6 Å². The number of thioether (sulfide) groups is 2. The Morgan fingerprint density at radius 3 is 2.37 bits per heavy atom. The smallest absolute Gasteiger partial charge is 0.274 e. The summed E-state index contributed by atoms with van der Waals surface area (Å²) in [5.41, 5.74) is 15.3. The molecule has 0 aliphatic carbocycles. The number of aliphatic imine (C=N–C) groups is 2. The number of halogens is 2. The van der Waals surface area contributed by atoms with Crippen LogP contribution in [0.1, 0.15) is 28.5 Å². The zero-order valence-corrected chi connectivity index (χ0v) is 34.7. The quantitative estimate of drug-likeness (QED) is 0.0729. The minimum Gasteiger partial charge on any atom is -0.388 e. The maximum Gasteiger partial charge on any atom is 0.274 e. The van der Waals surface area contributed by atoms with Crippen LogP contribution in [0.3, 0.4) is 0 Å². The van der Waals surface area contributed by atoms with Gasteiger partial charge in [-0.25, -0.2) is 8.78 Å². The molecule has 4 bridgehead atoms. The molecule has 0 radical (unpaired) electrons. The number of carbonyl (C=O) groups excluding carboxylic acids is 2. The van der Waals surface area contributed by atoms with E-state index in [-0.39, 0.29) is 34.7 Å². The first-order valence-corrected chi connectivity index (χ1v) is 19.8. The summed E-state index contributed by atoms with van der Waals surface area (Å²) in [5, 5.41) is 11.5. The van der Waals surface area contributed by atoms with Crippen molar-refractivity contribution in [2.45, 2.75) is 29.7 Å². The maximum absolute atomic E-state index is 13.6. The SMILES string of the molecule is C=C(/C=C\C(=C/C)CSC1COCC1NC(N)=NC)C(=O)Nc1ccc(F)cc1.CN=C(N)NC.COC.O=C1Nc2ccc(F)c(c2)CSCc2ccc1nc2. The van der Waals surface area contributed by atoms with E-state index >= 15 is 0 Å². The van der Waals surface area contributed by atoms with Gasteiger partial charge in [-0.15, -0.1) is 11.8 Å². The van der Waals surface area contributed by atoms with Crippen molar-refractivity contribution in [1.82, 2.24) is 15.6 Å². The molecule has 3 aromatic rings. The number of ether oxygens (including phenoxy) is 2. The lowest BCUT2D eigenvalue weighted by Gasteiger charge is -2.19. The molecule has 1 aromatic heterocycles. The van der Waals surface area contributed by atoms with Gasteiger partial charge in [-0.2, -0.15) is 11.8 Å². The van der Waals surface area contributed by atoms with Crippen molar-refractivity contribution in [3.63, 3.8) is 0 Å². The third kappa shape index (κ3) is 18.1. The van der Waals surface area contributed by atoms with E-state index in [0.29, 0.717) is 59.1 Å². The van der Waals surface area contributed by atoms with Crippen LogP contribution in [0, 0.1) is 11.6 Å². The zero-order valence-electron chi connectivity index (χ0n) is 33.1. The van der Waals surface area contributed by atoms with E-state index in [9.17, 15) is 18.4 Å². The Kier molecular flexibility index (Phi) is 22.4. The van der Waals surface area contributed by atoms with Gasteiger partial charge in [0.25, 0.3) is 11.8 Å². The fourth-order valence-electron chi connectivity index (χ4n) is 4.54. The number of benzene rings is 2. The molecule has 6 rings (SSSR count). The summed E-state index contributed by atoms with van der Waals surface area (Å²) in [6, 6.07) is 13.9. The van der Waals surface area contributed by atoms with Crippen molar-refractivity contribution in [3.8, 4) is 0 Å². The average Bonchev–Trinajstić information content (AvgIpc) is 3.66. The molecule has 4 heterocycles. The second kappa shape index (κ2) is 26.6. The molecule has 13 nitrogen and oxygen atoms in total. The molecular weight excluding hydrogens is 773 g/mol. The Morgan fingerprint density at radius 2 is 1.77 bits per heavy atom. The number of nitrogens with zero attached hydrogens (tertiary/aromatic N) is 3. The number of aromatic nitrogens is 1. The van der Waals surface area contributed by atoms with Crippen LogP contribution in [-0.2, 0) is 25.8 Å². The summed E-state index contributed by atoms with van der Waals surface area (Å²) in [6.07, 6.45) is 7.24. The fourth-order valence-corrected chi connectivity index (χ4v) is 6.73. The number of nitrogens with one attached hydrogen (secondary N) is 4. The molecule has 2 aromatic carbocycles. The second-order valence-corrected chi connectivity index (χ2v) is 14.2. The molecule has 308 valence electrons. The van der Waals surface area contributed by atoms with Gasteiger partial charge in [0.2, 0.25) is 0 Å². The van der Waals surface area contributed by atoms with Gasteiger partial charge < -0.3 is 42.2 Å². The highest BCUT2D eigenvalue weighted by Crippen LogP contribution is 2.25. The molecule has 0 saturated carbocycles. The molecule has 2 amide bonds. The van der Waals surface area contributed by atoms with Gasteiger partial charge in [-0.3, -0.25) is 24.6 Å². The van der Waals surface area contributed by atoms with E-state index in [1.165, 1.54) is 30.3 Å². The number of pyridine rings is 1. The average molecular weight is 826 g/mol. The van der Waals surface area contributed by atoms with Crippen LogP contribution in [0.2, 0.25) is 0 Å². The summed E-state index contributed by atoms with van der Waals surface area (Å²) < 4.78 is 36.4. The van der Waals surface area contributed by atoms with Gasteiger partial charge in [0, 0.05) is 75.8 Å². The first-order chi connectivity index (χ1) is 27.4. The van der Waals surface area contributed by atoms with Crippen LogP contribution in [0.15, 0.2) is 107 Å². The third-order valence-electron chi connectivity index (χ3n) is 7.71. The largest absolute Gasteiger partial charge is 0.388 e. The molecule has 3 aliphatic rings. The standard InChI is InChI=1S/C21H27FN4O2S.C14H11FN2OS.C3H9N3.C2H6O/c1-4-15(13-29-19-12-28-11-18(19)26-21(23)24-3)6-5-14(2)20(27)25-17-9-7-16(22)8-10-17;15-12-3-2-11-5-10(12)8-19-7-9-1-4-13(16-6-9)14(18)17-11;1-5-3(4)6-2;1-3-2/h4-10,18-19H,2,11-13H2,1,3H3,(H,25,27)(H3,23,24,26);1-6H,7-8H2,(H,17,18);1-2H3,(H3,4,5,6);1-2H3/b6-5-,15-4+;;;. The summed E-state index contributed by atoms with van der Waals surface area (Å²) in [4.78, 5) is 35.8. The number of methoxy groups -OCH3 is 1. The molecule has 17 heteroatoms. The van der Waals surface area contributed by atoms with E-state index in [4.69, 9.17) is 16.2 Å². The van der Waals surface area contributed by atoms with Gasteiger partial charge in [-0.05, 0) is 78.2 Å². The van der Waals surface area contributed by atoms with E-state index in [1.807, 2.05) is 25.1 Å². The van der Waals surface area contributed by atoms with Gasteiger partial charge in [0.15, 0.2) is 11.9 Å². The summed E-state index contributed by atoms with van der Waals surface area (Å²) in [6.45, 7) is 6.99. The molecule has 0 spiro atoms. The van der Waals surface area contributed by atoms with E-state index in [1.54, 1.807) is 89.4 Å². The number of allylic oxidation sites excluding steroid dienone is 2. The number of rotatable bonds is 8. The molecule has 8 N–H and O–H groups in total. The summed E-state index contributed by atoms with van der Waals surface area (Å²) in [5.74, 6) is 1.73. The lowest BCUT2D eigenvalue weighted by atomic mass is 10.2. The number of carbonyl (C=O) groups is 2. The summed E-state index contributed by atoms with van der Waals surface area (Å²) in [7, 11) is 8.25. The second-order valence-electron chi connectivity index (χ2n) is 12.0. The molecule has 1 fully saturated rings. The van der Waals surface area contributed by atoms with Gasteiger partial charge >= 0.3 is 0 Å². The van der Waals surface area contributed by atoms with Crippen LogP contribution in [0.4, 0.5) is 20.2 Å². The highest BCUT2D eigenvalue weighted by atomic mass is 32.2. The van der Waals surface area contributed by atoms with E-state index in [2.05, 4.69) is 47.6 Å². The normalized spacial score (nSPS) is 16.6. The summed E-state index contributed by atoms with van der Waals surface area (Å²) >= 11 is 3.38. The Labute approximate surface area is 342 Å². The third-order valence-corrected chi connectivity index (χ3v) is 10.2. The van der Waals surface area contributed by atoms with E-state index < -0.39 is 0 Å². The number of hydrogen-bond donors (Lipinski definition) is 6.